The predicted molar refractivity (Wildman–Crippen MR) is 162 cm³/mol. The van der Waals surface area contributed by atoms with Crippen LogP contribution in [0.25, 0.3) is 56.8 Å². The molecule has 4 heteroatoms. The Morgan fingerprint density at radius 3 is 1.79 bits per heavy atom. The standard InChI is InChI=1S/C35H30N4/c1-5-14-29-25(4)39(32-21-24(3)30(22-31(29)32)28-20-13-12-15-23(28)2)35-37-33(26-16-8-6-9-17-26)36-34(38-35)27-18-10-7-11-19-27/h5-22H,1-4H3/b14-5-. The summed E-state index contributed by atoms with van der Waals surface area (Å²) < 4.78 is 2.18. The lowest BCUT2D eigenvalue weighted by Crippen LogP contribution is -2.08. The van der Waals surface area contributed by atoms with E-state index in [4.69, 9.17) is 15.0 Å². The van der Waals surface area contributed by atoms with Crippen molar-refractivity contribution < 1.29 is 0 Å². The van der Waals surface area contributed by atoms with Gasteiger partial charge in [-0.15, -0.1) is 0 Å². The van der Waals surface area contributed by atoms with Crippen LogP contribution in [-0.4, -0.2) is 19.5 Å². The van der Waals surface area contributed by atoms with Gasteiger partial charge in [-0.3, -0.25) is 4.57 Å². The van der Waals surface area contributed by atoms with E-state index in [-0.39, 0.29) is 0 Å². The van der Waals surface area contributed by atoms with E-state index in [9.17, 15) is 0 Å². The Morgan fingerprint density at radius 1 is 0.615 bits per heavy atom. The Labute approximate surface area is 229 Å². The summed E-state index contributed by atoms with van der Waals surface area (Å²) in [5, 5.41) is 1.18. The fourth-order valence-corrected chi connectivity index (χ4v) is 5.29. The van der Waals surface area contributed by atoms with Gasteiger partial charge in [0.15, 0.2) is 11.6 Å². The molecule has 0 spiro atoms. The van der Waals surface area contributed by atoms with Gasteiger partial charge in [0.1, 0.15) is 0 Å². The molecule has 0 atom stereocenters. The van der Waals surface area contributed by atoms with Crippen molar-refractivity contribution in [1.29, 1.82) is 0 Å². The fourth-order valence-electron chi connectivity index (χ4n) is 5.29. The summed E-state index contributed by atoms with van der Waals surface area (Å²) in [6.45, 7) is 8.56. The van der Waals surface area contributed by atoms with Crippen LogP contribution in [0.3, 0.4) is 0 Å². The molecule has 39 heavy (non-hydrogen) atoms. The quantitative estimate of drug-likeness (QED) is 0.235. The molecule has 2 aromatic heterocycles. The van der Waals surface area contributed by atoms with E-state index in [1.165, 1.54) is 33.2 Å². The highest BCUT2D eigenvalue weighted by Gasteiger charge is 2.20. The third kappa shape index (κ3) is 4.44. The van der Waals surface area contributed by atoms with Crippen molar-refractivity contribution in [3.63, 3.8) is 0 Å². The molecular formula is C35H30N4. The second-order valence-electron chi connectivity index (χ2n) is 9.85. The summed E-state index contributed by atoms with van der Waals surface area (Å²) in [6.07, 6.45) is 4.28. The van der Waals surface area contributed by atoms with E-state index in [1.54, 1.807) is 0 Å². The Balaban J connectivity index is 1.65. The summed E-state index contributed by atoms with van der Waals surface area (Å²) in [4.78, 5) is 14.9. The lowest BCUT2D eigenvalue weighted by atomic mass is 9.94. The SMILES string of the molecule is C/C=C\c1c(C)n(-c2nc(-c3ccccc3)nc(-c3ccccc3)n2)c2cc(C)c(-c3ccccc3C)cc12. The summed E-state index contributed by atoms with van der Waals surface area (Å²) in [5.74, 6) is 1.92. The molecule has 6 aromatic rings. The van der Waals surface area contributed by atoms with Crippen molar-refractivity contribution in [3.8, 4) is 39.9 Å². The fraction of sp³-hybridized carbons (Fsp3) is 0.114. The summed E-state index contributed by atoms with van der Waals surface area (Å²) in [5.41, 5.74) is 10.2. The Hall–Kier alpha value is -4.83. The lowest BCUT2D eigenvalue weighted by molar-refractivity contribution is 0.906. The van der Waals surface area contributed by atoms with Crippen molar-refractivity contribution in [1.82, 2.24) is 19.5 Å². The second kappa shape index (κ2) is 10.1. The number of nitrogens with zero attached hydrogens (tertiary/aromatic N) is 4. The number of fused-ring (bicyclic) bond motifs is 1. The number of allylic oxidation sites excluding steroid dienone is 1. The van der Waals surface area contributed by atoms with Gasteiger partial charge in [0.2, 0.25) is 5.95 Å². The van der Waals surface area contributed by atoms with Gasteiger partial charge in [0.25, 0.3) is 0 Å². The maximum atomic E-state index is 5.02. The molecule has 0 unspecified atom stereocenters. The van der Waals surface area contributed by atoms with Crippen molar-refractivity contribution in [2.45, 2.75) is 27.7 Å². The number of aryl methyl sites for hydroxylation is 2. The second-order valence-corrected chi connectivity index (χ2v) is 9.85. The average molecular weight is 507 g/mol. The molecule has 0 radical (unpaired) electrons. The number of rotatable bonds is 5. The van der Waals surface area contributed by atoms with Gasteiger partial charge in [0, 0.05) is 27.8 Å². The minimum Gasteiger partial charge on any atom is -0.282 e. The van der Waals surface area contributed by atoms with Crippen molar-refractivity contribution >= 4 is 17.0 Å². The van der Waals surface area contributed by atoms with Gasteiger partial charge in [-0.1, -0.05) is 97.1 Å². The minimum absolute atomic E-state index is 0.615. The molecule has 0 amide bonds. The van der Waals surface area contributed by atoms with E-state index in [2.05, 4.69) is 80.8 Å². The summed E-state index contributed by atoms with van der Waals surface area (Å²) in [7, 11) is 0. The zero-order valence-corrected chi connectivity index (χ0v) is 22.7. The topological polar surface area (TPSA) is 43.6 Å². The van der Waals surface area contributed by atoms with Gasteiger partial charge in [-0.05, 0) is 62.1 Å². The molecule has 0 bridgehead atoms. The molecule has 4 nitrogen and oxygen atoms in total. The molecule has 0 saturated heterocycles. The highest BCUT2D eigenvalue weighted by atomic mass is 15.2. The first-order chi connectivity index (χ1) is 19.0. The normalized spacial score (nSPS) is 11.5. The van der Waals surface area contributed by atoms with E-state index < -0.39 is 0 Å². The first kappa shape index (κ1) is 24.5. The van der Waals surface area contributed by atoms with Gasteiger partial charge >= 0.3 is 0 Å². The van der Waals surface area contributed by atoms with Crippen LogP contribution in [0.4, 0.5) is 0 Å². The molecule has 0 N–H and O–H groups in total. The van der Waals surface area contributed by atoms with Gasteiger partial charge in [-0.2, -0.15) is 9.97 Å². The molecular weight excluding hydrogens is 476 g/mol. The number of hydrogen-bond acceptors (Lipinski definition) is 3. The highest BCUT2D eigenvalue weighted by molar-refractivity contribution is 5.96. The van der Waals surface area contributed by atoms with Crippen LogP contribution in [0.15, 0.2) is 103 Å². The first-order valence-electron chi connectivity index (χ1n) is 13.3. The van der Waals surface area contributed by atoms with Crippen LogP contribution >= 0.6 is 0 Å². The maximum absolute atomic E-state index is 5.02. The average Bonchev–Trinajstić information content (AvgIpc) is 3.23. The Morgan fingerprint density at radius 2 is 1.21 bits per heavy atom. The van der Waals surface area contributed by atoms with E-state index >= 15 is 0 Å². The van der Waals surface area contributed by atoms with Crippen molar-refractivity contribution in [3.05, 3.63) is 126 Å². The summed E-state index contributed by atoms with van der Waals surface area (Å²) >= 11 is 0. The third-order valence-electron chi connectivity index (χ3n) is 7.26. The number of hydrogen-bond donors (Lipinski definition) is 0. The van der Waals surface area contributed by atoms with Gasteiger partial charge in [-0.25, -0.2) is 4.98 Å². The minimum atomic E-state index is 0.615. The van der Waals surface area contributed by atoms with E-state index in [0.717, 1.165) is 22.3 Å². The molecule has 4 aromatic carbocycles. The smallest absolute Gasteiger partial charge is 0.238 e. The Kier molecular flexibility index (Phi) is 6.37. The molecule has 190 valence electrons. The zero-order valence-electron chi connectivity index (χ0n) is 22.7. The number of aromatic nitrogens is 4. The molecule has 2 heterocycles. The van der Waals surface area contributed by atoms with E-state index in [0.29, 0.717) is 17.6 Å². The number of benzene rings is 4. The van der Waals surface area contributed by atoms with Crippen LogP contribution < -0.4 is 0 Å². The van der Waals surface area contributed by atoms with Gasteiger partial charge in [0.05, 0.1) is 5.52 Å². The van der Waals surface area contributed by atoms with Crippen LogP contribution in [0.5, 0.6) is 0 Å². The molecule has 0 saturated carbocycles. The van der Waals surface area contributed by atoms with Crippen LogP contribution in [0, 0.1) is 20.8 Å². The van der Waals surface area contributed by atoms with Crippen molar-refractivity contribution in [2.75, 3.05) is 0 Å². The van der Waals surface area contributed by atoms with E-state index in [1.807, 2.05) is 60.7 Å². The van der Waals surface area contributed by atoms with Crippen LogP contribution in [0.2, 0.25) is 0 Å². The third-order valence-corrected chi connectivity index (χ3v) is 7.26. The van der Waals surface area contributed by atoms with Gasteiger partial charge < -0.3 is 0 Å². The predicted octanol–water partition coefficient (Wildman–Crippen LogP) is 8.77. The highest BCUT2D eigenvalue weighted by Crippen LogP contribution is 2.36. The van der Waals surface area contributed by atoms with Crippen LogP contribution in [-0.2, 0) is 0 Å². The maximum Gasteiger partial charge on any atom is 0.238 e. The Bertz CT molecular complexity index is 1770. The monoisotopic (exact) mass is 506 g/mol. The molecule has 0 aliphatic heterocycles. The summed E-state index contributed by atoms with van der Waals surface area (Å²) in [6, 6.07) is 33.4. The zero-order chi connectivity index (χ0) is 26.9. The largest absolute Gasteiger partial charge is 0.282 e. The van der Waals surface area contributed by atoms with Crippen molar-refractivity contribution in [2.24, 2.45) is 0 Å². The lowest BCUT2D eigenvalue weighted by Gasteiger charge is -2.13. The first-order valence-corrected chi connectivity index (χ1v) is 13.3. The molecule has 0 aliphatic rings. The molecule has 0 fully saturated rings. The molecule has 0 aliphatic carbocycles. The molecule has 6 rings (SSSR count). The van der Waals surface area contributed by atoms with Crippen LogP contribution in [0.1, 0.15) is 29.3 Å².